The van der Waals surface area contributed by atoms with Crippen LogP contribution in [-0.2, 0) is 63.7 Å². The Kier molecular flexibility index (Phi) is 35.6. The van der Waals surface area contributed by atoms with Gasteiger partial charge in [0.05, 0.1) is 43.4 Å². The second-order valence-electron chi connectivity index (χ2n) is 22.5. The number of hydrogen-bond acceptors (Lipinski definition) is 15. The fourth-order valence-electron chi connectivity index (χ4n) is 9.34. The molecule has 0 saturated carbocycles. The Bertz CT molecular complexity index is 2030. The Morgan fingerprint density at radius 3 is 1.96 bits per heavy atom. The number of hydrogen-bond donors (Lipinski definition) is 6. The molecule has 2 unspecified atom stereocenters. The van der Waals surface area contributed by atoms with Crippen molar-refractivity contribution in [3.05, 3.63) is 35.9 Å². The van der Waals surface area contributed by atoms with E-state index in [0.717, 1.165) is 24.8 Å². The third-order valence-electron chi connectivity index (χ3n) is 14.6. The standard InChI is InChI=1S/C40H65N5O12.C19H39N3O2/c1-8-30(24-46)57-35(53-6)25-56-40(52)42-19-17-33(47)43-28(5)39(51)55-21-13-18-41-38(50)31(23-29-14-10-9-11-15-29)44-37(49)27(4)36(54-7)32-16-12-20-45(32)34(48)22-26(2)3;1-11-14(6)15(7)22(10)19(24)16(12(2)3)20-18(23)17(13(4)5)21(8)9/h9-11,14-15,26-28,30-32,35-36,46H,8,12-13,16-25H2,1-7H3,(H,41,50)(H,42,52)(H,43,47)(H,44,49);12-17H,11H2,1-10H3,(H,20,23)/t27-,28+,30?,31+,32+,35?,36-;14-,15+,16-,17-/m10/s1. The highest BCUT2D eigenvalue weighted by Crippen LogP contribution is 2.28. The number of esters is 1. The summed E-state index contributed by atoms with van der Waals surface area (Å²) in [4.78, 5) is 108. The first kappa shape index (κ1) is 73.6. The Morgan fingerprint density at radius 2 is 1.42 bits per heavy atom. The van der Waals surface area contributed by atoms with Crippen LogP contribution in [0.25, 0.3) is 0 Å². The van der Waals surface area contributed by atoms with Crippen LogP contribution in [-0.4, -0.2) is 197 Å². The summed E-state index contributed by atoms with van der Waals surface area (Å²) in [6.07, 6.45) is 1.23. The smallest absolute Gasteiger partial charge is 0.407 e. The minimum absolute atomic E-state index is 0.00703. The van der Waals surface area contributed by atoms with Crippen molar-refractivity contribution in [3.63, 3.8) is 0 Å². The van der Waals surface area contributed by atoms with Crippen molar-refractivity contribution in [2.45, 2.75) is 189 Å². The fraction of sp³-hybridized carbons (Fsp3) is 0.763. The average Bonchev–Trinajstić information content (AvgIpc) is 3.92. The van der Waals surface area contributed by atoms with Crippen LogP contribution in [0.15, 0.2) is 30.3 Å². The number of likely N-dealkylation sites (tertiary alicyclic amines) is 1. The first-order valence-electron chi connectivity index (χ1n) is 29.0. The summed E-state index contributed by atoms with van der Waals surface area (Å²) in [7, 11) is 8.54. The van der Waals surface area contributed by atoms with Gasteiger partial charge < -0.3 is 65.2 Å². The third-order valence-corrected chi connectivity index (χ3v) is 14.6. The van der Waals surface area contributed by atoms with Gasteiger partial charge in [0, 0.05) is 66.2 Å². The Morgan fingerprint density at radius 1 is 0.765 bits per heavy atom. The summed E-state index contributed by atoms with van der Waals surface area (Å²) in [5.41, 5.74) is 0.849. The number of carbonyl (C=O) groups is 8. The van der Waals surface area contributed by atoms with E-state index in [4.69, 9.17) is 23.7 Å². The quantitative estimate of drug-likeness (QED) is 0.0312. The molecule has 1 aliphatic heterocycles. The lowest BCUT2D eigenvalue weighted by molar-refractivity contribution is -0.181. The monoisotopic (exact) mass is 1150 g/mol. The molecule has 2 rings (SSSR count). The second-order valence-corrected chi connectivity index (χ2v) is 22.5. The van der Waals surface area contributed by atoms with E-state index in [1.54, 1.807) is 11.8 Å². The fourth-order valence-corrected chi connectivity index (χ4v) is 9.34. The number of likely N-dealkylation sites (N-methyl/N-ethyl adjacent to an activating group) is 2. The van der Waals surface area contributed by atoms with Crippen molar-refractivity contribution >= 4 is 47.5 Å². The van der Waals surface area contributed by atoms with Crippen LogP contribution in [0.1, 0.15) is 134 Å². The number of methoxy groups -OCH3 is 2. The van der Waals surface area contributed by atoms with Gasteiger partial charge in [-0.05, 0) is 82.9 Å². The highest BCUT2D eigenvalue weighted by molar-refractivity contribution is 5.91. The molecule has 464 valence electrons. The van der Waals surface area contributed by atoms with Crippen LogP contribution >= 0.6 is 0 Å². The Labute approximate surface area is 483 Å². The lowest BCUT2D eigenvalue weighted by atomic mass is 9.93. The normalized spacial score (nSPS) is 17.0. The van der Waals surface area contributed by atoms with Gasteiger partial charge in [0.15, 0.2) is 6.29 Å². The molecule has 1 heterocycles. The first-order chi connectivity index (χ1) is 38.2. The highest BCUT2D eigenvalue weighted by atomic mass is 16.7. The number of amides is 7. The molecule has 1 aliphatic rings. The maximum Gasteiger partial charge on any atom is 0.407 e. The SMILES string of the molecule is CCC(CO)OC(COC(=O)NCCC(=O)N[C@@H](C)C(=O)OCCCNC(=O)[C@H](Cc1ccccc1)NC(=O)[C@H](C)[C@@H](OC)[C@@H]1CCCN1C(=O)CC(C)C)OC.CC[C@H](C)[C@@H](C)N(C)C(=O)[C@@H](NC(=O)[C@H](C(C)C)N(C)C)C(C)C. The molecule has 22 nitrogen and oxygen atoms in total. The molecular weight excluding hydrogens is 1040 g/mol. The molecule has 11 atom stereocenters. The van der Waals surface area contributed by atoms with Crippen molar-refractivity contribution < 1.29 is 67.1 Å². The largest absolute Gasteiger partial charge is 0.464 e. The predicted octanol–water partition coefficient (Wildman–Crippen LogP) is 4.44. The zero-order chi connectivity index (χ0) is 61.5. The van der Waals surface area contributed by atoms with Crippen LogP contribution in [0.4, 0.5) is 4.79 Å². The van der Waals surface area contributed by atoms with E-state index in [9.17, 15) is 43.5 Å². The minimum atomic E-state index is -0.968. The molecule has 1 saturated heterocycles. The van der Waals surface area contributed by atoms with E-state index >= 15 is 0 Å². The van der Waals surface area contributed by atoms with Gasteiger partial charge in [-0.2, -0.15) is 0 Å². The van der Waals surface area contributed by atoms with E-state index in [0.29, 0.717) is 25.3 Å². The summed E-state index contributed by atoms with van der Waals surface area (Å²) in [6, 6.07) is 6.60. The topological polar surface area (TPSA) is 273 Å². The molecule has 1 fully saturated rings. The average molecular weight is 1150 g/mol. The maximum atomic E-state index is 13.6. The van der Waals surface area contributed by atoms with Gasteiger partial charge in [0.2, 0.25) is 35.4 Å². The van der Waals surface area contributed by atoms with Gasteiger partial charge in [-0.1, -0.05) is 106 Å². The van der Waals surface area contributed by atoms with Crippen LogP contribution < -0.4 is 26.6 Å². The lowest BCUT2D eigenvalue weighted by Gasteiger charge is -2.35. The van der Waals surface area contributed by atoms with Gasteiger partial charge in [0.25, 0.3) is 0 Å². The molecule has 0 aromatic heterocycles. The number of aliphatic hydroxyl groups is 1. The van der Waals surface area contributed by atoms with Gasteiger partial charge in [-0.25, -0.2) is 9.59 Å². The van der Waals surface area contributed by atoms with Crippen molar-refractivity contribution in [1.82, 2.24) is 41.3 Å². The van der Waals surface area contributed by atoms with Crippen molar-refractivity contribution in [2.75, 3.05) is 74.8 Å². The van der Waals surface area contributed by atoms with Crippen molar-refractivity contribution in [1.29, 1.82) is 0 Å². The Balaban J connectivity index is 0.00000114. The van der Waals surface area contributed by atoms with Crippen molar-refractivity contribution in [3.8, 4) is 0 Å². The zero-order valence-electron chi connectivity index (χ0n) is 52.0. The van der Waals surface area contributed by atoms with E-state index in [2.05, 4.69) is 47.4 Å². The molecule has 0 bridgehead atoms. The van der Waals surface area contributed by atoms with Crippen LogP contribution in [0.2, 0.25) is 0 Å². The van der Waals surface area contributed by atoms with E-state index in [1.165, 1.54) is 21.1 Å². The summed E-state index contributed by atoms with van der Waals surface area (Å²) in [5, 5.41) is 22.9. The first-order valence-corrected chi connectivity index (χ1v) is 29.0. The van der Waals surface area contributed by atoms with E-state index in [-0.39, 0.29) is 112 Å². The molecule has 0 radical (unpaired) electrons. The molecule has 0 spiro atoms. The van der Waals surface area contributed by atoms with Gasteiger partial charge in [-0.15, -0.1) is 0 Å². The van der Waals surface area contributed by atoms with Crippen LogP contribution in [0.5, 0.6) is 0 Å². The number of rotatable bonds is 35. The Hall–Kier alpha value is -5.42. The van der Waals surface area contributed by atoms with Gasteiger partial charge in [-0.3, -0.25) is 33.7 Å². The predicted molar refractivity (Wildman–Crippen MR) is 310 cm³/mol. The number of nitrogens with one attached hydrogen (secondary N) is 5. The third kappa shape index (κ3) is 26.6. The summed E-state index contributed by atoms with van der Waals surface area (Å²) < 4.78 is 26.7. The molecule has 81 heavy (non-hydrogen) atoms. The number of benzene rings is 1. The number of ether oxygens (including phenoxy) is 5. The molecule has 22 heteroatoms. The molecule has 6 N–H and O–H groups in total. The van der Waals surface area contributed by atoms with Crippen molar-refractivity contribution in [2.24, 2.45) is 29.6 Å². The summed E-state index contributed by atoms with van der Waals surface area (Å²) in [5.74, 6) is -1.80. The number of carbonyl (C=O) groups excluding carboxylic acids is 8. The molecule has 0 aliphatic carbocycles. The lowest BCUT2D eigenvalue weighted by Crippen LogP contribution is -2.57. The maximum absolute atomic E-state index is 13.6. The van der Waals surface area contributed by atoms with E-state index in [1.807, 2.05) is 110 Å². The van der Waals surface area contributed by atoms with E-state index < -0.39 is 66.4 Å². The number of aliphatic hydroxyl groups excluding tert-OH is 1. The van der Waals surface area contributed by atoms with Crippen LogP contribution in [0, 0.1) is 29.6 Å². The van der Waals surface area contributed by atoms with Gasteiger partial charge in [0.1, 0.15) is 24.7 Å². The number of alkyl carbamates (subject to hydrolysis) is 1. The minimum Gasteiger partial charge on any atom is -0.464 e. The van der Waals surface area contributed by atoms with Crippen LogP contribution in [0.3, 0.4) is 0 Å². The second kappa shape index (κ2) is 39.1. The molecule has 7 amide bonds. The number of nitrogens with zero attached hydrogens (tertiary/aromatic N) is 3. The molecule has 1 aromatic carbocycles. The molecular formula is C59H104N8O14. The zero-order valence-corrected chi connectivity index (χ0v) is 52.0. The summed E-state index contributed by atoms with van der Waals surface area (Å²) >= 11 is 0. The highest BCUT2D eigenvalue weighted by Gasteiger charge is 2.41. The summed E-state index contributed by atoms with van der Waals surface area (Å²) in [6.45, 7) is 23.6. The molecule has 1 aromatic rings. The van der Waals surface area contributed by atoms with Gasteiger partial charge >= 0.3 is 12.1 Å².